The largest absolute Gasteiger partial charge is 0.311 e. The molecule has 9 aromatic carbocycles. The normalized spacial score (nSPS) is 11.9. The molecule has 55 heavy (non-hydrogen) atoms. The summed E-state index contributed by atoms with van der Waals surface area (Å²) >= 11 is 0. The molecule has 0 atom stereocenters. The van der Waals surface area contributed by atoms with Gasteiger partial charge in [-0.15, -0.1) is 0 Å². The lowest BCUT2D eigenvalue weighted by molar-refractivity contribution is 1.09. The van der Waals surface area contributed by atoms with Crippen molar-refractivity contribution in [3.63, 3.8) is 0 Å². The summed E-state index contributed by atoms with van der Waals surface area (Å²) in [5.74, 6) is 0. The van der Waals surface area contributed by atoms with Crippen molar-refractivity contribution >= 4 is 44.9 Å². The van der Waals surface area contributed by atoms with Crippen molar-refractivity contribution in [1.29, 1.82) is 0 Å². The average Bonchev–Trinajstić information content (AvgIpc) is 3.26. The summed E-state index contributed by atoms with van der Waals surface area (Å²) in [6, 6.07) is 79.1. The molecule has 0 radical (unpaired) electrons. The van der Waals surface area contributed by atoms with Gasteiger partial charge in [0.1, 0.15) is 0 Å². The van der Waals surface area contributed by atoms with E-state index in [1.165, 1.54) is 72.3 Å². The third-order valence-electron chi connectivity index (χ3n) is 10.8. The molecule has 0 bridgehead atoms. The van der Waals surface area contributed by atoms with Gasteiger partial charge < -0.3 is 9.80 Å². The van der Waals surface area contributed by atoms with E-state index in [0.717, 1.165) is 23.5 Å². The summed E-state index contributed by atoms with van der Waals surface area (Å²) in [4.78, 5) is 4.77. The summed E-state index contributed by atoms with van der Waals surface area (Å²) in [7, 11) is 0. The summed E-state index contributed by atoms with van der Waals surface area (Å²) < 4.78 is 0. The van der Waals surface area contributed by atoms with Gasteiger partial charge in [0.2, 0.25) is 0 Å². The molecular weight excluding hydrogens is 665 g/mol. The van der Waals surface area contributed by atoms with Crippen molar-refractivity contribution in [2.75, 3.05) is 9.80 Å². The number of hydrogen-bond donors (Lipinski definition) is 0. The number of anilines is 6. The van der Waals surface area contributed by atoms with Crippen molar-refractivity contribution in [2.45, 2.75) is 6.42 Å². The lowest BCUT2D eigenvalue weighted by Gasteiger charge is -2.34. The maximum absolute atomic E-state index is 2.43. The lowest BCUT2D eigenvalue weighted by Crippen LogP contribution is -2.18. The van der Waals surface area contributed by atoms with Gasteiger partial charge in [0.15, 0.2) is 0 Å². The SMILES string of the molecule is c1ccc(-c2ccc(N(c3ccc(-c4ccccc4)cc3)c3ccc(-c4ccc5c(c4)Cc4ccccc4N5c4ccc5ccccc5c4)cc3)cc2)cc1. The molecule has 0 amide bonds. The molecule has 2 nitrogen and oxygen atoms in total. The molecule has 0 aliphatic carbocycles. The molecule has 260 valence electrons. The minimum absolute atomic E-state index is 0.896. The topological polar surface area (TPSA) is 6.48 Å². The molecule has 2 heteroatoms. The van der Waals surface area contributed by atoms with Gasteiger partial charge in [0.05, 0.1) is 0 Å². The number of fused-ring (bicyclic) bond motifs is 3. The van der Waals surface area contributed by atoms with E-state index in [2.05, 4.69) is 228 Å². The molecule has 0 saturated heterocycles. The Bertz CT molecular complexity index is 2670. The molecular formula is C53H38N2. The van der Waals surface area contributed by atoms with Crippen molar-refractivity contribution < 1.29 is 0 Å². The van der Waals surface area contributed by atoms with Gasteiger partial charge >= 0.3 is 0 Å². The fraction of sp³-hybridized carbons (Fsp3) is 0.0189. The zero-order valence-corrected chi connectivity index (χ0v) is 30.4. The van der Waals surface area contributed by atoms with E-state index < -0.39 is 0 Å². The second-order valence-electron chi connectivity index (χ2n) is 14.2. The number of benzene rings is 9. The Kier molecular flexibility index (Phi) is 8.27. The molecule has 9 aromatic rings. The predicted molar refractivity (Wildman–Crippen MR) is 232 cm³/mol. The molecule has 1 aliphatic heterocycles. The number of rotatable bonds is 7. The molecule has 10 rings (SSSR count). The minimum atomic E-state index is 0.896. The minimum Gasteiger partial charge on any atom is -0.311 e. The van der Waals surface area contributed by atoms with Crippen molar-refractivity contribution in [3.8, 4) is 33.4 Å². The van der Waals surface area contributed by atoms with E-state index in [1.807, 2.05) is 0 Å². The van der Waals surface area contributed by atoms with Crippen LogP contribution in [-0.4, -0.2) is 0 Å². The number of para-hydroxylation sites is 1. The van der Waals surface area contributed by atoms with Crippen molar-refractivity contribution in [1.82, 2.24) is 0 Å². The van der Waals surface area contributed by atoms with E-state index >= 15 is 0 Å². The van der Waals surface area contributed by atoms with Crippen molar-refractivity contribution in [3.05, 3.63) is 230 Å². The smallest absolute Gasteiger partial charge is 0.0497 e. The first-order valence-electron chi connectivity index (χ1n) is 19.0. The van der Waals surface area contributed by atoms with Gasteiger partial charge in [-0.05, 0) is 122 Å². The first-order valence-corrected chi connectivity index (χ1v) is 19.0. The standard InChI is InChI=1S/C53H38N2/c1-3-11-38(12-4-1)41-19-27-48(28-20-41)54(49-29-21-42(22-30-49)39-13-5-2-6-14-39)50-31-23-43(24-32-50)45-26-34-53-47(35-45)36-46-17-9-10-18-52(46)55(53)51-33-25-40-15-7-8-16-44(40)37-51/h1-35,37H,36H2. The highest BCUT2D eigenvalue weighted by Gasteiger charge is 2.24. The van der Waals surface area contributed by atoms with Crippen LogP contribution in [0.2, 0.25) is 0 Å². The van der Waals surface area contributed by atoms with Crippen LogP contribution in [0.3, 0.4) is 0 Å². The highest BCUT2D eigenvalue weighted by molar-refractivity contribution is 5.92. The van der Waals surface area contributed by atoms with Crippen LogP contribution in [0.15, 0.2) is 218 Å². The Morgan fingerprint density at radius 1 is 0.309 bits per heavy atom. The van der Waals surface area contributed by atoms with Gasteiger partial charge in [-0.2, -0.15) is 0 Å². The highest BCUT2D eigenvalue weighted by Crippen LogP contribution is 2.46. The number of nitrogens with zero attached hydrogens (tertiary/aromatic N) is 2. The summed E-state index contributed by atoms with van der Waals surface area (Å²) in [5.41, 5.74) is 16.9. The lowest BCUT2D eigenvalue weighted by atomic mass is 9.92. The Morgan fingerprint density at radius 2 is 0.764 bits per heavy atom. The number of hydrogen-bond acceptors (Lipinski definition) is 2. The van der Waals surface area contributed by atoms with E-state index in [4.69, 9.17) is 0 Å². The molecule has 0 unspecified atom stereocenters. The molecule has 1 heterocycles. The van der Waals surface area contributed by atoms with Gasteiger partial charge in [-0.25, -0.2) is 0 Å². The van der Waals surface area contributed by atoms with E-state index in [9.17, 15) is 0 Å². The highest BCUT2D eigenvalue weighted by atomic mass is 15.2. The van der Waals surface area contributed by atoms with Crippen LogP contribution in [0.1, 0.15) is 11.1 Å². The molecule has 0 aromatic heterocycles. The van der Waals surface area contributed by atoms with Crippen LogP contribution in [0.4, 0.5) is 34.1 Å². The van der Waals surface area contributed by atoms with Crippen LogP contribution in [0, 0.1) is 0 Å². The zero-order valence-electron chi connectivity index (χ0n) is 30.4. The molecule has 0 saturated carbocycles. The van der Waals surface area contributed by atoms with Gasteiger partial charge in [-0.3, -0.25) is 0 Å². The molecule has 0 spiro atoms. The Balaban J connectivity index is 1.00. The summed E-state index contributed by atoms with van der Waals surface area (Å²) in [5, 5.41) is 2.50. The van der Waals surface area contributed by atoms with Crippen LogP contribution in [0.25, 0.3) is 44.2 Å². The average molecular weight is 703 g/mol. The Hall–Kier alpha value is -7.16. The fourth-order valence-corrected chi connectivity index (χ4v) is 8.05. The Morgan fingerprint density at radius 3 is 1.36 bits per heavy atom. The van der Waals surface area contributed by atoms with Crippen LogP contribution in [0.5, 0.6) is 0 Å². The zero-order chi connectivity index (χ0) is 36.6. The van der Waals surface area contributed by atoms with Gasteiger partial charge in [-0.1, -0.05) is 152 Å². The first kappa shape index (κ1) is 32.5. The second kappa shape index (κ2) is 14.0. The summed E-state index contributed by atoms with van der Waals surface area (Å²) in [6.45, 7) is 0. The monoisotopic (exact) mass is 702 g/mol. The Labute approximate surface area is 322 Å². The summed E-state index contributed by atoms with van der Waals surface area (Å²) in [6.07, 6.45) is 0.896. The molecule has 1 aliphatic rings. The molecule has 0 fully saturated rings. The van der Waals surface area contributed by atoms with E-state index in [-0.39, 0.29) is 0 Å². The van der Waals surface area contributed by atoms with E-state index in [0.29, 0.717) is 0 Å². The third-order valence-corrected chi connectivity index (χ3v) is 10.8. The van der Waals surface area contributed by atoms with Crippen molar-refractivity contribution in [2.24, 2.45) is 0 Å². The van der Waals surface area contributed by atoms with Gasteiger partial charge in [0.25, 0.3) is 0 Å². The van der Waals surface area contributed by atoms with Crippen LogP contribution in [-0.2, 0) is 6.42 Å². The predicted octanol–water partition coefficient (Wildman–Crippen LogP) is 14.7. The maximum atomic E-state index is 2.43. The quantitative estimate of drug-likeness (QED) is 0.163. The van der Waals surface area contributed by atoms with Crippen LogP contribution < -0.4 is 9.80 Å². The molecule has 0 N–H and O–H groups in total. The van der Waals surface area contributed by atoms with Gasteiger partial charge in [0, 0.05) is 40.5 Å². The second-order valence-corrected chi connectivity index (χ2v) is 14.2. The van der Waals surface area contributed by atoms with E-state index in [1.54, 1.807) is 0 Å². The maximum Gasteiger partial charge on any atom is 0.0497 e. The van der Waals surface area contributed by atoms with Crippen LogP contribution >= 0.6 is 0 Å². The fourth-order valence-electron chi connectivity index (χ4n) is 8.05. The first-order chi connectivity index (χ1) is 27.2. The third kappa shape index (κ3) is 6.24.